The number of nitrogens with zero attached hydrogens (tertiary/aromatic N) is 1. The van der Waals surface area contributed by atoms with Gasteiger partial charge in [0.2, 0.25) is 11.8 Å². The van der Waals surface area contributed by atoms with E-state index in [9.17, 15) is 14.0 Å². The molecule has 0 heterocycles. The fourth-order valence-corrected chi connectivity index (χ4v) is 3.18. The zero-order valence-corrected chi connectivity index (χ0v) is 17.0. The van der Waals surface area contributed by atoms with Gasteiger partial charge in [0.15, 0.2) is 0 Å². The van der Waals surface area contributed by atoms with E-state index in [1.54, 1.807) is 23.1 Å². The van der Waals surface area contributed by atoms with Crippen LogP contribution in [0.4, 0.5) is 4.39 Å². The summed E-state index contributed by atoms with van der Waals surface area (Å²) in [5.41, 5.74) is 2.35. The minimum atomic E-state index is -0.610. The van der Waals surface area contributed by atoms with Gasteiger partial charge in [0, 0.05) is 12.6 Å². The van der Waals surface area contributed by atoms with E-state index >= 15 is 0 Å². The summed E-state index contributed by atoms with van der Waals surface area (Å²) >= 11 is 0. The van der Waals surface area contributed by atoms with Crippen molar-refractivity contribution >= 4 is 11.8 Å². The molecule has 150 valence electrons. The second-order valence-electron chi connectivity index (χ2n) is 7.30. The molecular formula is C23H29FN2O2. The highest BCUT2D eigenvalue weighted by atomic mass is 19.1. The molecular weight excluding hydrogens is 355 g/mol. The standard InChI is InChI=1S/C23H29FN2O2/c1-5-21(23(28)25-16(2)3)26(15-19-12-7-6-10-17(19)4)22(27)14-18-11-8-9-13-20(18)24/h6-13,16,21H,5,14-15H2,1-4H3,(H,25,28)/t21-/m1/s1. The SMILES string of the molecule is CC[C@H](C(=O)NC(C)C)N(Cc1ccccc1C)C(=O)Cc1ccccc1F. The van der Waals surface area contributed by atoms with Crippen molar-refractivity contribution in [3.63, 3.8) is 0 Å². The minimum absolute atomic E-state index is 0.0245. The van der Waals surface area contributed by atoms with Gasteiger partial charge in [0.25, 0.3) is 0 Å². The molecule has 28 heavy (non-hydrogen) atoms. The van der Waals surface area contributed by atoms with E-state index < -0.39 is 11.9 Å². The normalized spacial score (nSPS) is 11.9. The number of hydrogen-bond acceptors (Lipinski definition) is 2. The van der Waals surface area contributed by atoms with E-state index in [1.807, 2.05) is 52.0 Å². The van der Waals surface area contributed by atoms with Crippen molar-refractivity contribution in [2.75, 3.05) is 0 Å². The first-order valence-electron chi connectivity index (χ1n) is 9.71. The van der Waals surface area contributed by atoms with E-state index in [4.69, 9.17) is 0 Å². The van der Waals surface area contributed by atoms with Crippen LogP contribution in [0, 0.1) is 12.7 Å². The third-order valence-electron chi connectivity index (χ3n) is 4.72. The number of aryl methyl sites for hydroxylation is 1. The Morgan fingerprint density at radius 2 is 1.64 bits per heavy atom. The number of amides is 2. The summed E-state index contributed by atoms with van der Waals surface area (Å²) in [6, 6.07) is 13.4. The van der Waals surface area contributed by atoms with Crippen LogP contribution in [0.15, 0.2) is 48.5 Å². The van der Waals surface area contributed by atoms with Gasteiger partial charge in [-0.2, -0.15) is 0 Å². The highest BCUT2D eigenvalue weighted by Crippen LogP contribution is 2.18. The van der Waals surface area contributed by atoms with Crippen molar-refractivity contribution in [1.29, 1.82) is 0 Å². The maximum atomic E-state index is 14.1. The van der Waals surface area contributed by atoms with Crippen LogP contribution in [0.3, 0.4) is 0 Å². The molecule has 5 heteroatoms. The topological polar surface area (TPSA) is 49.4 Å². The van der Waals surface area contributed by atoms with Gasteiger partial charge < -0.3 is 10.2 Å². The predicted molar refractivity (Wildman–Crippen MR) is 109 cm³/mol. The van der Waals surface area contributed by atoms with E-state index in [-0.39, 0.29) is 24.3 Å². The van der Waals surface area contributed by atoms with E-state index in [2.05, 4.69) is 5.32 Å². The molecule has 0 radical (unpaired) electrons. The summed E-state index contributed by atoms with van der Waals surface area (Å²) in [6.07, 6.45) is 0.400. The first-order valence-corrected chi connectivity index (χ1v) is 9.71. The zero-order chi connectivity index (χ0) is 20.7. The Hall–Kier alpha value is -2.69. The lowest BCUT2D eigenvalue weighted by atomic mass is 10.0. The van der Waals surface area contributed by atoms with Crippen molar-refractivity contribution in [3.8, 4) is 0 Å². The fourth-order valence-electron chi connectivity index (χ4n) is 3.18. The van der Waals surface area contributed by atoms with Gasteiger partial charge in [-0.1, -0.05) is 49.4 Å². The third kappa shape index (κ3) is 5.65. The Balaban J connectivity index is 2.33. The average Bonchev–Trinajstić information content (AvgIpc) is 2.64. The number of rotatable bonds is 8. The number of carbonyl (C=O) groups is 2. The average molecular weight is 384 g/mol. The summed E-state index contributed by atoms with van der Waals surface area (Å²) in [7, 11) is 0. The summed E-state index contributed by atoms with van der Waals surface area (Å²) < 4.78 is 14.1. The first-order chi connectivity index (χ1) is 13.3. The van der Waals surface area contributed by atoms with Crippen LogP contribution >= 0.6 is 0 Å². The molecule has 1 atom stereocenters. The lowest BCUT2D eigenvalue weighted by molar-refractivity contribution is -0.141. The van der Waals surface area contributed by atoms with Gasteiger partial charge in [0.05, 0.1) is 6.42 Å². The molecule has 0 spiro atoms. The van der Waals surface area contributed by atoms with Crippen LogP contribution in [0.2, 0.25) is 0 Å². The van der Waals surface area contributed by atoms with E-state index in [0.29, 0.717) is 18.5 Å². The molecule has 0 saturated carbocycles. The maximum Gasteiger partial charge on any atom is 0.243 e. The van der Waals surface area contributed by atoms with Crippen LogP contribution in [-0.4, -0.2) is 28.8 Å². The van der Waals surface area contributed by atoms with Crippen molar-refractivity contribution in [2.24, 2.45) is 0 Å². The lowest BCUT2D eigenvalue weighted by Crippen LogP contribution is -2.50. The zero-order valence-electron chi connectivity index (χ0n) is 17.0. The third-order valence-corrected chi connectivity index (χ3v) is 4.72. The van der Waals surface area contributed by atoms with Gasteiger partial charge in [-0.25, -0.2) is 4.39 Å². The van der Waals surface area contributed by atoms with Crippen LogP contribution < -0.4 is 5.32 Å². The summed E-state index contributed by atoms with van der Waals surface area (Å²) in [4.78, 5) is 27.5. The molecule has 0 unspecified atom stereocenters. The van der Waals surface area contributed by atoms with Gasteiger partial charge in [-0.3, -0.25) is 9.59 Å². The number of halogens is 1. The van der Waals surface area contributed by atoms with Gasteiger partial charge in [0.1, 0.15) is 11.9 Å². The Bertz CT molecular complexity index is 820. The van der Waals surface area contributed by atoms with Crippen molar-refractivity contribution in [2.45, 2.75) is 59.2 Å². The van der Waals surface area contributed by atoms with Gasteiger partial charge >= 0.3 is 0 Å². The van der Waals surface area contributed by atoms with Gasteiger partial charge in [-0.05, 0) is 49.9 Å². The quantitative estimate of drug-likeness (QED) is 0.748. The summed E-state index contributed by atoms with van der Waals surface area (Å²) in [5.74, 6) is -0.863. The highest BCUT2D eigenvalue weighted by molar-refractivity contribution is 5.88. The van der Waals surface area contributed by atoms with E-state index in [1.165, 1.54) is 6.07 Å². The fraction of sp³-hybridized carbons (Fsp3) is 0.391. The molecule has 0 aliphatic heterocycles. The molecule has 0 saturated heterocycles. The number of hydrogen-bond donors (Lipinski definition) is 1. The number of nitrogens with one attached hydrogen (secondary N) is 1. The molecule has 4 nitrogen and oxygen atoms in total. The molecule has 2 aromatic carbocycles. The van der Waals surface area contributed by atoms with Crippen molar-refractivity contribution < 1.29 is 14.0 Å². The van der Waals surface area contributed by atoms with E-state index in [0.717, 1.165) is 11.1 Å². The van der Waals surface area contributed by atoms with Crippen LogP contribution in [0.25, 0.3) is 0 Å². The Morgan fingerprint density at radius 1 is 1.04 bits per heavy atom. The van der Waals surface area contributed by atoms with Crippen LogP contribution in [0.5, 0.6) is 0 Å². The Labute approximate surface area is 166 Å². The molecule has 2 amide bonds. The van der Waals surface area contributed by atoms with Crippen LogP contribution in [-0.2, 0) is 22.6 Å². The van der Waals surface area contributed by atoms with Crippen molar-refractivity contribution in [3.05, 3.63) is 71.0 Å². The van der Waals surface area contributed by atoms with Crippen LogP contribution in [0.1, 0.15) is 43.9 Å². The number of benzene rings is 2. The largest absolute Gasteiger partial charge is 0.352 e. The molecule has 2 aromatic rings. The lowest BCUT2D eigenvalue weighted by Gasteiger charge is -2.31. The second-order valence-corrected chi connectivity index (χ2v) is 7.30. The summed E-state index contributed by atoms with van der Waals surface area (Å²) in [6.45, 7) is 7.94. The predicted octanol–water partition coefficient (Wildman–Crippen LogP) is 4.01. The van der Waals surface area contributed by atoms with Gasteiger partial charge in [-0.15, -0.1) is 0 Å². The monoisotopic (exact) mass is 384 g/mol. The Kier molecular flexibility index (Phi) is 7.73. The molecule has 0 fully saturated rings. The minimum Gasteiger partial charge on any atom is -0.352 e. The highest BCUT2D eigenvalue weighted by Gasteiger charge is 2.29. The molecule has 0 aliphatic carbocycles. The maximum absolute atomic E-state index is 14.1. The molecule has 0 aliphatic rings. The molecule has 0 aromatic heterocycles. The van der Waals surface area contributed by atoms with Crippen molar-refractivity contribution in [1.82, 2.24) is 10.2 Å². The summed E-state index contributed by atoms with van der Waals surface area (Å²) in [5, 5.41) is 2.90. The second kappa shape index (κ2) is 10.0. The molecule has 0 bridgehead atoms. The first kappa shape index (κ1) is 21.6. The molecule has 1 N–H and O–H groups in total. The Morgan fingerprint density at radius 3 is 2.21 bits per heavy atom. The number of carbonyl (C=O) groups excluding carboxylic acids is 2. The molecule has 2 rings (SSSR count). The smallest absolute Gasteiger partial charge is 0.243 e.